The van der Waals surface area contributed by atoms with Crippen molar-refractivity contribution in [1.29, 1.82) is 0 Å². The third-order valence-corrected chi connectivity index (χ3v) is 3.82. The van der Waals surface area contributed by atoms with Gasteiger partial charge in [-0.15, -0.1) is 0 Å². The fourth-order valence-electron chi connectivity index (χ4n) is 2.90. The molecule has 0 aromatic rings. The number of carbonyl (C=O) groups excluding carboxylic acids is 1. The van der Waals surface area contributed by atoms with E-state index in [2.05, 4.69) is 4.90 Å². The van der Waals surface area contributed by atoms with Crippen molar-refractivity contribution in [1.82, 2.24) is 9.80 Å². The minimum Gasteiger partial charge on any atom is -0.390 e. The predicted octanol–water partition coefficient (Wildman–Crippen LogP) is 0.454. The topological polar surface area (TPSA) is 43.8 Å². The molecule has 1 saturated heterocycles. The molecule has 1 heterocycles. The molecule has 1 saturated carbocycles. The van der Waals surface area contributed by atoms with Crippen LogP contribution in [0.25, 0.3) is 0 Å². The van der Waals surface area contributed by atoms with Crippen LogP contribution in [0.5, 0.6) is 0 Å². The van der Waals surface area contributed by atoms with Gasteiger partial charge in [0.05, 0.1) is 6.10 Å². The number of aliphatic hydroxyl groups is 1. The van der Waals surface area contributed by atoms with E-state index in [1.165, 1.54) is 25.7 Å². The summed E-state index contributed by atoms with van der Waals surface area (Å²) in [4.78, 5) is 15.5. The third kappa shape index (κ3) is 2.74. The molecule has 0 bridgehead atoms. The van der Waals surface area contributed by atoms with Crippen molar-refractivity contribution in [2.75, 3.05) is 26.2 Å². The quantitative estimate of drug-likeness (QED) is 0.706. The zero-order valence-electron chi connectivity index (χ0n) is 10.1. The monoisotopic (exact) mass is 226 g/mol. The SMILES string of the molecule is CC(=O)N1CCN(C2CCCC2)C[C@H](O)C1. The fourth-order valence-corrected chi connectivity index (χ4v) is 2.90. The normalized spacial score (nSPS) is 29.4. The summed E-state index contributed by atoms with van der Waals surface area (Å²) in [6.07, 6.45) is 4.76. The lowest BCUT2D eigenvalue weighted by molar-refractivity contribution is -0.129. The van der Waals surface area contributed by atoms with Crippen LogP contribution in [0, 0.1) is 0 Å². The van der Waals surface area contributed by atoms with Crippen LogP contribution in [0.2, 0.25) is 0 Å². The smallest absolute Gasteiger partial charge is 0.219 e. The van der Waals surface area contributed by atoms with Gasteiger partial charge in [-0.1, -0.05) is 12.8 Å². The van der Waals surface area contributed by atoms with Crippen LogP contribution in [0.15, 0.2) is 0 Å². The number of nitrogens with zero attached hydrogens (tertiary/aromatic N) is 2. The summed E-state index contributed by atoms with van der Waals surface area (Å²) in [6.45, 7) is 4.50. The maximum absolute atomic E-state index is 11.3. The molecule has 4 heteroatoms. The lowest BCUT2D eigenvalue weighted by Gasteiger charge is -2.27. The molecule has 0 aromatic heterocycles. The van der Waals surface area contributed by atoms with Crippen molar-refractivity contribution in [2.45, 2.75) is 44.8 Å². The molecular formula is C12H22N2O2. The van der Waals surface area contributed by atoms with Crippen molar-refractivity contribution < 1.29 is 9.90 Å². The molecule has 92 valence electrons. The van der Waals surface area contributed by atoms with E-state index < -0.39 is 0 Å². The molecule has 1 atom stereocenters. The van der Waals surface area contributed by atoms with Gasteiger partial charge in [0.25, 0.3) is 0 Å². The van der Waals surface area contributed by atoms with Gasteiger partial charge in [0.2, 0.25) is 5.91 Å². The van der Waals surface area contributed by atoms with Gasteiger partial charge in [-0.3, -0.25) is 9.69 Å². The molecule has 1 N–H and O–H groups in total. The van der Waals surface area contributed by atoms with Crippen LogP contribution < -0.4 is 0 Å². The number of hydrogen-bond donors (Lipinski definition) is 1. The summed E-state index contributed by atoms with van der Waals surface area (Å²) in [7, 11) is 0. The van der Waals surface area contributed by atoms with Crippen LogP contribution in [-0.4, -0.2) is 59.1 Å². The van der Waals surface area contributed by atoms with Gasteiger partial charge in [-0.05, 0) is 12.8 Å². The molecule has 1 aliphatic heterocycles. The Morgan fingerprint density at radius 1 is 1.19 bits per heavy atom. The van der Waals surface area contributed by atoms with E-state index in [0.717, 1.165) is 19.6 Å². The Hall–Kier alpha value is -0.610. The molecule has 2 rings (SSSR count). The molecule has 1 aliphatic carbocycles. The van der Waals surface area contributed by atoms with Crippen LogP contribution in [0.4, 0.5) is 0 Å². The van der Waals surface area contributed by atoms with E-state index in [4.69, 9.17) is 0 Å². The van der Waals surface area contributed by atoms with Gasteiger partial charge in [0.1, 0.15) is 0 Å². The van der Waals surface area contributed by atoms with Crippen molar-refractivity contribution in [3.05, 3.63) is 0 Å². The summed E-state index contributed by atoms with van der Waals surface area (Å²) in [5, 5.41) is 9.90. The number of hydrogen-bond acceptors (Lipinski definition) is 3. The molecule has 2 aliphatic rings. The van der Waals surface area contributed by atoms with E-state index >= 15 is 0 Å². The van der Waals surface area contributed by atoms with Gasteiger partial charge < -0.3 is 10.0 Å². The Labute approximate surface area is 97.2 Å². The minimum absolute atomic E-state index is 0.0762. The Morgan fingerprint density at radius 3 is 2.50 bits per heavy atom. The zero-order valence-corrected chi connectivity index (χ0v) is 10.1. The maximum Gasteiger partial charge on any atom is 0.219 e. The summed E-state index contributed by atoms with van der Waals surface area (Å²) in [5.74, 6) is 0.0762. The van der Waals surface area contributed by atoms with E-state index in [9.17, 15) is 9.90 Å². The first-order valence-corrected chi connectivity index (χ1v) is 6.34. The van der Waals surface area contributed by atoms with Crippen molar-refractivity contribution in [3.8, 4) is 0 Å². The molecule has 2 fully saturated rings. The first-order valence-electron chi connectivity index (χ1n) is 6.34. The second-order valence-corrected chi connectivity index (χ2v) is 5.05. The van der Waals surface area contributed by atoms with Crippen molar-refractivity contribution >= 4 is 5.91 Å². The second kappa shape index (κ2) is 5.15. The van der Waals surface area contributed by atoms with Crippen LogP contribution >= 0.6 is 0 Å². The highest BCUT2D eigenvalue weighted by atomic mass is 16.3. The Balaban J connectivity index is 1.94. The Morgan fingerprint density at radius 2 is 1.88 bits per heavy atom. The average molecular weight is 226 g/mol. The van der Waals surface area contributed by atoms with Crippen LogP contribution in [-0.2, 0) is 4.79 Å². The van der Waals surface area contributed by atoms with Gasteiger partial charge in [0, 0.05) is 39.1 Å². The van der Waals surface area contributed by atoms with E-state index in [-0.39, 0.29) is 12.0 Å². The van der Waals surface area contributed by atoms with E-state index in [1.807, 2.05) is 0 Å². The molecule has 0 spiro atoms. The highest BCUT2D eigenvalue weighted by Crippen LogP contribution is 2.24. The van der Waals surface area contributed by atoms with Gasteiger partial charge in [0.15, 0.2) is 0 Å². The van der Waals surface area contributed by atoms with Gasteiger partial charge >= 0.3 is 0 Å². The number of carbonyl (C=O) groups is 1. The molecule has 1 amide bonds. The van der Waals surface area contributed by atoms with Crippen LogP contribution in [0.3, 0.4) is 0 Å². The number of β-amino-alcohol motifs (C(OH)–C–C–N with tert-alkyl or cyclic N) is 1. The highest BCUT2D eigenvalue weighted by molar-refractivity contribution is 5.73. The molecule has 0 unspecified atom stereocenters. The first kappa shape index (κ1) is 11.9. The van der Waals surface area contributed by atoms with Gasteiger partial charge in [-0.25, -0.2) is 0 Å². The summed E-state index contributed by atoms with van der Waals surface area (Å²) in [6, 6.07) is 0.640. The largest absolute Gasteiger partial charge is 0.390 e. The van der Waals surface area contributed by atoms with Crippen molar-refractivity contribution in [2.24, 2.45) is 0 Å². The van der Waals surface area contributed by atoms with E-state index in [0.29, 0.717) is 12.6 Å². The molecule has 4 nitrogen and oxygen atoms in total. The van der Waals surface area contributed by atoms with Gasteiger partial charge in [-0.2, -0.15) is 0 Å². The minimum atomic E-state index is -0.382. The fraction of sp³-hybridized carbons (Fsp3) is 0.917. The lowest BCUT2D eigenvalue weighted by atomic mass is 10.2. The lowest BCUT2D eigenvalue weighted by Crippen LogP contribution is -2.39. The standard InChI is InChI=1S/C12H22N2O2/c1-10(15)13-6-7-14(9-12(16)8-13)11-4-2-3-5-11/h11-12,16H,2-9H2,1H3/t12-/m1/s1. The summed E-state index contributed by atoms with van der Waals surface area (Å²) in [5.41, 5.74) is 0. The summed E-state index contributed by atoms with van der Waals surface area (Å²) >= 11 is 0. The highest BCUT2D eigenvalue weighted by Gasteiger charge is 2.28. The molecule has 0 radical (unpaired) electrons. The number of amides is 1. The third-order valence-electron chi connectivity index (χ3n) is 3.82. The predicted molar refractivity (Wildman–Crippen MR) is 62.1 cm³/mol. The number of aliphatic hydroxyl groups excluding tert-OH is 1. The van der Waals surface area contributed by atoms with E-state index in [1.54, 1.807) is 11.8 Å². The van der Waals surface area contributed by atoms with Crippen LogP contribution in [0.1, 0.15) is 32.6 Å². The Bertz CT molecular complexity index is 251. The average Bonchev–Trinajstić information content (AvgIpc) is 2.68. The molecule has 16 heavy (non-hydrogen) atoms. The number of rotatable bonds is 1. The first-order chi connectivity index (χ1) is 7.66. The molecular weight excluding hydrogens is 204 g/mol. The summed E-state index contributed by atoms with van der Waals surface area (Å²) < 4.78 is 0. The zero-order chi connectivity index (χ0) is 11.5. The molecule has 0 aromatic carbocycles. The Kier molecular flexibility index (Phi) is 3.82. The maximum atomic E-state index is 11.3. The van der Waals surface area contributed by atoms with Crippen molar-refractivity contribution in [3.63, 3.8) is 0 Å². The second-order valence-electron chi connectivity index (χ2n) is 5.05.